The Labute approximate surface area is 175 Å². The summed E-state index contributed by atoms with van der Waals surface area (Å²) in [6, 6.07) is 9.87. The molecular formula is C22H24Cl2N2O2. The molecule has 148 valence electrons. The van der Waals surface area contributed by atoms with Gasteiger partial charge in [0.15, 0.2) is 0 Å². The summed E-state index contributed by atoms with van der Waals surface area (Å²) in [4.78, 5) is 6.90. The van der Waals surface area contributed by atoms with Crippen LogP contribution in [0.2, 0.25) is 10.0 Å². The summed E-state index contributed by atoms with van der Waals surface area (Å²) >= 11 is 12.2. The van der Waals surface area contributed by atoms with Gasteiger partial charge in [-0.15, -0.1) is 0 Å². The summed E-state index contributed by atoms with van der Waals surface area (Å²) < 4.78 is 13.0. The van der Waals surface area contributed by atoms with E-state index in [4.69, 9.17) is 32.7 Å². The minimum atomic E-state index is -0.143. The Morgan fingerprint density at radius 2 is 1.93 bits per heavy atom. The second-order valence-corrected chi connectivity index (χ2v) is 9.01. The standard InChI is InChI=1S/C22H24Cl2N2O2/c23-15-4-6-20-18(12-15)21-19(2-1-11-27-21)22(28-20)7-9-26(10-8-22)14-17-5-3-16(24)13-25-17/h3-6,12-13,19,21H,1-2,7-11,14H2/t19-,21+/m0/s1. The molecule has 3 aliphatic rings. The molecule has 28 heavy (non-hydrogen) atoms. The second-order valence-electron chi connectivity index (χ2n) is 8.13. The van der Waals surface area contributed by atoms with Crippen molar-refractivity contribution >= 4 is 23.2 Å². The minimum Gasteiger partial charge on any atom is -0.486 e. The Hall–Kier alpha value is -1.33. The number of fused-ring (bicyclic) bond motifs is 4. The number of aromatic nitrogens is 1. The molecule has 4 heterocycles. The highest BCUT2D eigenvalue weighted by atomic mass is 35.5. The lowest BCUT2D eigenvalue weighted by atomic mass is 9.70. The number of pyridine rings is 1. The topological polar surface area (TPSA) is 34.6 Å². The number of halogens is 2. The van der Waals surface area contributed by atoms with Gasteiger partial charge in [-0.05, 0) is 43.2 Å². The lowest BCUT2D eigenvalue weighted by molar-refractivity contribution is -0.150. The van der Waals surface area contributed by atoms with Crippen LogP contribution >= 0.6 is 23.2 Å². The Morgan fingerprint density at radius 1 is 1.11 bits per heavy atom. The molecule has 1 spiro atoms. The van der Waals surface area contributed by atoms with Crippen LogP contribution in [0.4, 0.5) is 0 Å². The van der Waals surface area contributed by atoms with Crippen LogP contribution in [-0.2, 0) is 11.3 Å². The van der Waals surface area contributed by atoms with Gasteiger partial charge in [0.2, 0.25) is 0 Å². The minimum absolute atomic E-state index is 0.0979. The van der Waals surface area contributed by atoms with Crippen LogP contribution < -0.4 is 4.74 Å². The Morgan fingerprint density at radius 3 is 2.71 bits per heavy atom. The van der Waals surface area contributed by atoms with Gasteiger partial charge in [-0.2, -0.15) is 0 Å². The van der Waals surface area contributed by atoms with Crippen LogP contribution in [0.3, 0.4) is 0 Å². The normalized spacial score (nSPS) is 26.4. The molecule has 0 bridgehead atoms. The van der Waals surface area contributed by atoms with Crippen molar-refractivity contribution in [3.8, 4) is 5.75 Å². The molecule has 0 aliphatic carbocycles. The SMILES string of the molecule is Clc1ccc(CN2CCC3(CC2)Oc2ccc(Cl)cc2[C@H]2OCCC[C@@H]23)nc1. The van der Waals surface area contributed by atoms with Gasteiger partial charge in [0.05, 0.1) is 16.8 Å². The van der Waals surface area contributed by atoms with Gasteiger partial charge in [-0.3, -0.25) is 9.88 Å². The first-order valence-electron chi connectivity index (χ1n) is 10.1. The van der Waals surface area contributed by atoms with E-state index in [0.717, 1.165) is 74.0 Å². The molecule has 3 aliphatic heterocycles. The number of hydrogen-bond donors (Lipinski definition) is 0. The molecule has 1 aromatic carbocycles. The average molecular weight is 419 g/mol. The van der Waals surface area contributed by atoms with E-state index >= 15 is 0 Å². The van der Waals surface area contributed by atoms with Gasteiger partial charge in [0.1, 0.15) is 11.4 Å². The lowest BCUT2D eigenvalue weighted by Gasteiger charge is -2.53. The maximum Gasteiger partial charge on any atom is 0.126 e. The van der Waals surface area contributed by atoms with Crippen molar-refractivity contribution in [2.45, 2.75) is 43.9 Å². The summed E-state index contributed by atoms with van der Waals surface area (Å²) in [7, 11) is 0. The monoisotopic (exact) mass is 418 g/mol. The average Bonchev–Trinajstić information content (AvgIpc) is 2.72. The van der Waals surface area contributed by atoms with Gasteiger partial charge < -0.3 is 9.47 Å². The van der Waals surface area contributed by atoms with Crippen molar-refractivity contribution in [3.63, 3.8) is 0 Å². The zero-order chi connectivity index (χ0) is 19.1. The maximum absolute atomic E-state index is 6.70. The highest BCUT2D eigenvalue weighted by Crippen LogP contribution is 2.53. The zero-order valence-corrected chi connectivity index (χ0v) is 17.3. The molecule has 4 nitrogen and oxygen atoms in total. The summed E-state index contributed by atoms with van der Waals surface area (Å²) in [5.74, 6) is 1.34. The first kappa shape index (κ1) is 18.7. The number of nitrogens with zero attached hydrogens (tertiary/aromatic N) is 2. The Bertz CT molecular complexity index is 850. The fourth-order valence-electron chi connectivity index (χ4n) is 5.05. The predicted octanol–water partition coefficient (Wildman–Crippen LogP) is 5.28. The molecule has 0 unspecified atom stereocenters. The van der Waals surface area contributed by atoms with Crippen molar-refractivity contribution in [2.24, 2.45) is 5.92 Å². The van der Waals surface area contributed by atoms with Crippen LogP contribution in [0.5, 0.6) is 5.75 Å². The molecule has 0 amide bonds. The van der Waals surface area contributed by atoms with E-state index < -0.39 is 0 Å². The first-order chi connectivity index (χ1) is 13.6. The summed E-state index contributed by atoms with van der Waals surface area (Å²) in [6.07, 6.45) is 6.08. The highest BCUT2D eigenvalue weighted by molar-refractivity contribution is 6.30. The number of ether oxygens (including phenoxy) is 2. The molecule has 2 atom stereocenters. The van der Waals surface area contributed by atoms with Gasteiger partial charge in [0.25, 0.3) is 0 Å². The van der Waals surface area contributed by atoms with E-state index in [1.807, 2.05) is 30.3 Å². The van der Waals surface area contributed by atoms with Crippen LogP contribution in [-0.4, -0.2) is 35.2 Å². The van der Waals surface area contributed by atoms with Crippen molar-refractivity contribution in [1.82, 2.24) is 9.88 Å². The lowest BCUT2D eigenvalue weighted by Crippen LogP contribution is -2.57. The van der Waals surface area contributed by atoms with Crippen LogP contribution in [0.1, 0.15) is 43.0 Å². The first-order valence-corrected chi connectivity index (χ1v) is 10.8. The van der Waals surface area contributed by atoms with Gasteiger partial charge in [-0.25, -0.2) is 0 Å². The third-order valence-electron chi connectivity index (χ3n) is 6.47. The van der Waals surface area contributed by atoms with Gasteiger partial charge in [-0.1, -0.05) is 23.2 Å². The van der Waals surface area contributed by atoms with Crippen molar-refractivity contribution in [3.05, 3.63) is 57.8 Å². The molecule has 2 saturated heterocycles. The van der Waals surface area contributed by atoms with Crippen LogP contribution in [0, 0.1) is 5.92 Å². The van der Waals surface area contributed by atoms with E-state index in [-0.39, 0.29) is 11.7 Å². The second kappa shape index (κ2) is 7.49. The largest absolute Gasteiger partial charge is 0.486 e. The zero-order valence-electron chi connectivity index (χ0n) is 15.7. The molecule has 5 rings (SSSR count). The van der Waals surface area contributed by atoms with Crippen molar-refractivity contribution in [1.29, 1.82) is 0 Å². The number of likely N-dealkylation sites (tertiary alicyclic amines) is 1. The Balaban J connectivity index is 1.35. The molecule has 0 saturated carbocycles. The van der Waals surface area contributed by atoms with Crippen LogP contribution in [0.25, 0.3) is 0 Å². The van der Waals surface area contributed by atoms with Gasteiger partial charge >= 0.3 is 0 Å². The molecule has 2 aromatic rings. The van der Waals surface area contributed by atoms with E-state index in [1.165, 1.54) is 0 Å². The van der Waals surface area contributed by atoms with Crippen molar-refractivity contribution in [2.75, 3.05) is 19.7 Å². The fourth-order valence-corrected chi connectivity index (χ4v) is 5.34. The number of hydrogen-bond acceptors (Lipinski definition) is 4. The third kappa shape index (κ3) is 3.41. The van der Waals surface area contributed by atoms with E-state index in [2.05, 4.69) is 9.88 Å². The molecule has 0 radical (unpaired) electrons. The van der Waals surface area contributed by atoms with E-state index in [0.29, 0.717) is 10.9 Å². The smallest absolute Gasteiger partial charge is 0.126 e. The maximum atomic E-state index is 6.70. The summed E-state index contributed by atoms with van der Waals surface area (Å²) in [5.41, 5.74) is 2.04. The quantitative estimate of drug-likeness (QED) is 0.663. The molecule has 0 N–H and O–H groups in total. The molecule has 1 aromatic heterocycles. The fraction of sp³-hybridized carbons (Fsp3) is 0.500. The summed E-state index contributed by atoms with van der Waals surface area (Å²) in [6.45, 7) is 3.66. The third-order valence-corrected chi connectivity index (χ3v) is 6.92. The molecule has 6 heteroatoms. The predicted molar refractivity (Wildman–Crippen MR) is 110 cm³/mol. The van der Waals surface area contributed by atoms with Gasteiger partial charge in [0, 0.05) is 61.8 Å². The number of piperidine rings is 1. The Kier molecular flexibility index (Phi) is 5.00. The van der Waals surface area contributed by atoms with Crippen molar-refractivity contribution < 1.29 is 9.47 Å². The van der Waals surface area contributed by atoms with Crippen LogP contribution in [0.15, 0.2) is 36.5 Å². The number of rotatable bonds is 2. The summed E-state index contributed by atoms with van der Waals surface area (Å²) in [5, 5.41) is 1.43. The number of benzene rings is 1. The van der Waals surface area contributed by atoms with E-state index in [1.54, 1.807) is 6.20 Å². The molecule has 2 fully saturated rings. The van der Waals surface area contributed by atoms with E-state index in [9.17, 15) is 0 Å². The highest BCUT2D eigenvalue weighted by Gasteiger charge is 2.52. The molecular weight excluding hydrogens is 395 g/mol.